The molecule has 198 valence electrons. The van der Waals surface area contributed by atoms with E-state index < -0.39 is 23.7 Å². The number of carboxylic acids is 1. The van der Waals surface area contributed by atoms with Crippen molar-refractivity contribution in [3.63, 3.8) is 0 Å². The molecule has 1 aromatic carbocycles. The average Bonchev–Trinajstić information content (AvgIpc) is 3.43. The Morgan fingerprint density at radius 1 is 1.00 bits per heavy atom. The van der Waals surface area contributed by atoms with E-state index in [4.69, 9.17) is 4.74 Å². The van der Waals surface area contributed by atoms with Crippen molar-refractivity contribution in [3.05, 3.63) is 29.1 Å². The van der Waals surface area contributed by atoms with Crippen LogP contribution in [0.3, 0.4) is 0 Å². The summed E-state index contributed by atoms with van der Waals surface area (Å²) in [6.45, 7) is 12.9. The molecule has 2 bridgehead atoms. The lowest BCUT2D eigenvalue weighted by molar-refractivity contribution is -0.141. The molecule has 1 saturated heterocycles. The van der Waals surface area contributed by atoms with Crippen molar-refractivity contribution in [2.24, 2.45) is 21.7 Å². The van der Waals surface area contributed by atoms with Crippen LogP contribution in [0.5, 0.6) is 5.75 Å². The number of hydrogen-bond donors (Lipinski definition) is 1. The Morgan fingerprint density at radius 2 is 1.64 bits per heavy atom. The smallest absolute Gasteiger partial charge is 0.326 e. The van der Waals surface area contributed by atoms with Gasteiger partial charge in [-0.15, -0.1) is 0 Å². The Labute approximate surface area is 214 Å². The number of nitrogens with zero attached hydrogens (tertiary/aromatic N) is 1. The summed E-state index contributed by atoms with van der Waals surface area (Å²) in [6.07, 6.45) is 8.92. The molecule has 3 unspecified atom stereocenters. The van der Waals surface area contributed by atoms with Crippen LogP contribution >= 0.6 is 0 Å². The summed E-state index contributed by atoms with van der Waals surface area (Å²) in [5.41, 5.74) is 1.79. The van der Waals surface area contributed by atoms with Crippen LogP contribution in [0.2, 0.25) is 0 Å². The second kappa shape index (κ2) is 8.46. The average molecular weight is 500 g/mol. The van der Waals surface area contributed by atoms with Gasteiger partial charge in [0.15, 0.2) is 0 Å². The van der Waals surface area contributed by atoms with Crippen LogP contribution in [0.1, 0.15) is 114 Å². The minimum Gasteiger partial charge on any atom is -0.493 e. The van der Waals surface area contributed by atoms with Gasteiger partial charge in [-0.3, -0.25) is 4.79 Å². The number of carbonyl (C=O) groups is 2. The number of carboxylic acid groups (broad SMARTS) is 1. The number of rotatable bonds is 6. The van der Waals surface area contributed by atoms with E-state index >= 15 is 4.39 Å². The lowest BCUT2D eigenvalue weighted by atomic mass is 9.45. The molecule has 3 aliphatic carbocycles. The van der Waals surface area contributed by atoms with E-state index in [0.717, 1.165) is 31.2 Å². The van der Waals surface area contributed by atoms with Crippen LogP contribution in [0.4, 0.5) is 4.39 Å². The Hall–Kier alpha value is -2.11. The van der Waals surface area contributed by atoms with Crippen molar-refractivity contribution in [2.75, 3.05) is 13.2 Å². The molecule has 3 saturated carbocycles. The summed E-state index contributed by atoms with van der Waals surface area (Å²) in [4.78, 5) is 26.1. The third kappa shape index (κ3) is 4.89. The van der Waals surface area contributed by atoms with Crippen LogP contribution in [0, 0.1) is 27.5 Å². The SMILES string of the molecule is CC1(C)CC2(C)CC(C)(COc3cc(F)c(C(=O)N4CCCC4C(=O)O)cc3C3CC3)CC(C)(C1)C2. The Balaban J connectivity index is 1.37. The van der Waals surface area contributed by atoms with Gasteiger partial charge in [0.2, 0.25) is 0 Å². The molecule has 0 aromatic heterocycles. The summed E-state index contributed by atoms with van der Waals surface area (Å²) < 4.78 is 21.8. The van der Waals surface area contributed by atoms with Crippen molar-refractivity contribution in [2.45, 2.75) is 104 Å². The molecule has 5 rings (SSSR count). The zero-order valence-corrected chi connectivity index (χ0v) is 22.6. The van der Waals surface area contributed by atoms with Crippen LogP contribution in [0.15, 0.2) is 12.1 Å². The molecule has 5 nitrogen and oxygen atoms in total. The summed E-state index contributed by atoms with van der Waals surface area (Å²) in [5, 5.41) is 9.48. The molecule has 1 aliphatic heterocycles. The van der Waals surface area contributed by atoms with Gasteiger partial charge in [0.25, 0.3) is 5.91 Å². The predicted octanol–water partition coefficient (Wildman–Crippen LogP) is 6.79. The van der Waals surface area contributed by atoms with E-state index in [1.54, 1.807) is 6.07 Å². The summed E-state index contributed by atoms with van der Waals surface area (Å²) in [6, 6.07) is 2.15. The number of fused-ring (bicyclic) bond motifs is 2. The lowest BCUT2D eigenvalue weighted by Gasteiger charge is -2.60. The summed E-state index contributed by atoms with van der Waals surface area (Å²) in [5.74, 6) is -1.35. The molecule has 4 aliphatic rings. The third-order valence-electron chi connectivity index (χ3n) is 9.09. The molecule has 0 radical (unpaired) electrons. The lowest BCUT2D eigenvalue weighted by Crippen LogP contribution is -2.51. The fourth-order valence-corrected chi connectivity index (χ4v) is 9.25. The summed E-state index contributed by atoms with van der Waals surface area (Å²) in [7, 11) is 0. The zero-order chi connectivity index (χ0) is 26.1. The number of halogens is 1. The van der Waals surface area contributed by atoms with Gasteiger partial charge in [-0.05, 0) is 91.6 Å². The fraction of sp³-hybridized carbons (Fsp3) is 0.733. The van der Waals surface area contributed by atoms with Crippen LogP contribution in [-0.2, 0) is 4.79 Å². The molecule has 4 fully saturated rings. The van der Waals surface area contributed by atoms with E-state index in [1.807, 2.05) is 0 Å². The number of likely N-dealkylation sites (tertiary alicyclic amines) is 1. The van der Waals surface area contributed by atoms with Crippen molar-refractivity contribution in [1.82, 2.24) is 4.90 Å². The maximum Gasteiger partial charge on any atom is 0.326 e. The minimum atomic E-state index is -1.03. The highest BCUT2D eigenvalue weighted by molar-refractivity contribution is 5.97. The largest absolute Gasteiger partial charge is 0.493 e. The maximum absolute atomic E-state index is 15.3. The van der Waals surface area contributed by atoms with Gasteiger partial charge >= 0.3 is 5.97 Å². The van der Waals surface area contributed by atoms with Crippen LogP contribution < -0.4 is 4.74 Å². The van der Waals surface area contributed by atoms with Gasteiger partial charge in [-0.1, -0.05) is 34.6 Å². The van der Waals surface area contributed by atoms with Crippen LogP contribution in [-0.4, -0.2) is 41.1 Å². The monoisotopic (exact) mass is 499 g/mol. The predicted molar refractivity (Wildman–Crippen MR) is 137 cm³/mol. The molecular formula is C30H42FNO4. The van der Waals surface area contributed by atoms with Crippen molar-refractivity contribution in [3.8, 4) is 5.75 Å². The first-order valence-corrected chi connectivity index (χ1v) is 13.7. The second-order valence-electron chi connectivity index (χ2n) is 14.4. The molecule has 1 amide bonds. The number of carbonyl (C=O) groups excluding carboxylic acids is 1. The van der Waals surface area contributed by atoms with Gasteiger partial charge in [0, 0.05) is 18.0 Å². The van der Waals surface area contributed by atoms with E-state index in [9.17, 15) is 14.7 Å². The Morgan fingerprint density at radius 3 is 2.22 bits per heavy atom. The number of hydrogen-bond acceptors (Lipinski definition) is 3. The zero-order valence-electron chi connectivity index (χ0n) is 22.6. The van der Waals surface area contributed by atoms with Gasteiger partial charge in [-0.25, -0.2) is 9.18 Å². The second-order valence-corrected chi connectivity index (χ2v) is 14.4. The molecule has 1 N–H and O–H groups in total. The van der Waals surface area contributed by atoms with E-state index in [2.05, 4.69) is 34.6 Å². The number of benzene rings is 1. The Kier molecular flexibility index (Phi) is 6.00. The third-order valence-corrected chi connectivity index (χ3v) is 9.09. The highest BCUT2D eigenvalue weighted by Gasteiger charge is 2.55. The molecule has 1 aromatic rings. The molecule has 0 spiro atoms. The standard InChI is InChI=1S/C30H42FNO4/c1-27(2)13-28(3)15-29(4,14-27)17-30(5,16-28)18-36-24-12-22(31)21(11-20(24)19-8-9-19)25(33)32-10-6-7-23(32)26(34)35/h11-12,19,23H,6-10,13-18H2,1-5H3,(H,34,35). The van der Waals surface area contributed by atoms with Crippen molar-refractivity contribution in [1.29, 1.82) is 0 Å². The molecule has 1 heterocycles. The fourth-order valence-electron chi connectivity index (χ4n) is 9.25. The minimum absolute atomic E-state index is 0.00823. The quantitative estimate of drug-likeness (QED) is 0.468. The highest BCUT2D eigenvalue weighted by atomic mass is 19.1. The van der Waals surface area contributed by atoms with E-state index in [-0.39, 0.29) is 27.7 Å². The topological polar surface area (TPSA) is 66.8 Å². The summed E-state index contributed by atoms with van der Waals surface area (Å²) >= 11 is 0. The van der Waals surface area contributed by atoms with E-state index in [1.165, 1.54) is 30.2 Å². The molecular weight excluding hydrogens is 457 g/mol. The molecule has 3 atom stereocenters. The van der Waals surface area contributed by atoms with Crippen molar-refractivity contribution < 1.29 is 23.8 Å². The normalized spacial score (nSPS) is 35.5. The first kappa shape index (κ1) is 25.5. The Bertz CT molecular complexity index is 1050. The van der Waals surface area contributed by atoms with E-state index in [0.29, 0.717) is 37.2 Å². The first-order valence-electron chi connectivity index (χ1n) is 13.7. The highest BCUT2D eigenvalue weighted by Crippen LogP contribution is 2.65. The maximum atomic E-state index is 15.3. The number of amides is 1. The van der Waals surface area contributed by atoms with Gasteiger partial charge in [0.05, 0.1) is 12.2 Å². The van der Waals surface area contributed by atoms with Crippen LogP contribution in [0.25, 0.3) is 0 Å². The molecule has 36 heavy (non-hydrogen) atoms. The van der Waals surface area contributed by atoms with Gasteiger partial charge in [-0.2, -0.15) is 0 Å². The van der Waals surface area contributed by atoms with Gasteiger partial charge in [0.1, 0.15) is 17.6 Å². The first-order chi connectivity index (χ1) is 16.7. The number of ether oxygens (including phenoxy) is 1. The van der Waals surface area contributed by atoms with Gasteiger partial charge < -0.3 is 14.7 Å². The molecule has 6 heteroatoms. The van der Waals surface area contributed by atoms with Crippen molar-refractivity contribution >= 4 is 11.9 Å². The number of aliphatic carboxylic acids is 1.